The standard InChI is InChI=1S/2Li.O.Ti.2H. The average Bonchev–Trinajstić information content (AvgIpc) is 1.00. The van der Waals surface area contributed by atoms with Gasteiger partial charge >= 0.3 is 61.5 Å². The molecule has 0 saturated carbocycles. The quantitative estimate of drug-likeness (QED) is 0.326. The van der Waals surface area contributed by atoms with Gasteiger partial charge in [-0.05, 0) is 0 Å². The molecular formula is H2Li2OTi. The molecule has 0 spiro atoms. The van der Waals surface area contributed by atoms with Crippen molar-refractivity contribution in [2.45, 2.75) is 0 Å². The summed E-state index contributed by atoms with van der Waals surface area (Å²) in [6.07, 6.45) is 0. The van der Waals surface area contributed by atoms with Crippen molar-refractivity contribution in [2.24, 2.45) is 0 Å². The summed E-state index contributed by atoms with van der Waals surface area (Å²) in [4.78, 5) is 0. The fraction of sp³-hybridized carbons (Fsp3) is 0. The van der Waals surface area contributed by atoms with Gasteiger partial charge in [-0.1, -0.05) is 0 Å². The van der Waals surface area contributed by atoms with Crippen LogP contribution in [0, 0.1) is 0 Å². The fourth-order valence-electron chi connectivity index (χ4n) is 0. The van der Waals surface area contributed by atoms with E-state index in [1.165, 1.54) is 0 Å². The summed E-state index contributed by atoms with van der Waals surface area (Å²) < 4.78 is 8.25. The molecule has 0 aliphatic rings. The first-order valence-corrected chi connectivity index (χ1v) is 0.842. The summed E-state index contributed by atoms with van der Waals surface area (Å²) in [5, 5.41) is 0. The monoisotopic (exact) mass is 80.0 g/mol. The second-order valence-electron chi connectivity index (χ2n) is 0. The SMILES string of the molecule is [LiH].[LiH].[O]=[Ti]. The molecule has 14 valence electrons. The van der Waals surface area contributed by atoms with Gasteiger partial charge in [0, 0.05) is 0 Å². The van der Waals surface area contributed by atoms with Crippen molar-refractivity contribution in [1.82, 2.24) is 0 Å². The van der Waals surface area contributed by atoms with E-state index in [2.05, 4.69) is 0 Å². The summed E-state index contributed by atoms with van der Waals surface area (Å²) in [5.41, 5.74) is 0. The van der Waals surface area contributed by atoms with Crippen molar-refractivity contribution >= 4 is 37.7 Å². The van der Waals surface area contributed by atoms with E-state index in [0.29, 0.717) is 0 Å². The maximum atomic E-state index is 8.25. The Morgan fingerprint density at radius 2 is 1.00 bits per heavy atom. The predicted molar refractivity (Wildman–Crippen MR) is 15.0 cm³/mol. The molecule has 0 radical (unpaired) electrons. The molecule has 0 unspecified atom stereocenters. The van der Waals surface area contributed by atoms with Crippen molar-refractivity contribution < 1.29 is 23.7 Å². The molecule has 0 heterocycles. The predicted octanol–water partition coefficient (Wildman–Crippen LogP) is -1.42. The fourth-order valence-corrected chi connectivity index (χ4v) is 0. The van der Waals surface area contributed by atoms with E-state index in [0.717, 1.165) is 20.4 Å². The van der Waals surface area contributed by atoms with Gasteiger partial charge in [0.15, 0.2) is 0 Å². The van der Waals surface area contributed by atoms with Crippen LogP contribution in [0.15, 0.2) is 0 Å². The zero-order valence-electron chi connectivity index (χ0n) is 0.908. The zero-order valence-corrected chi connectivity index (χ0v) is 2.47. The summed E-state index contributed by atoms with van der Waals surface area (Å²) >= 11 is 0.750. The Hall–Kier alpha value is 1.71. The first kappa shape index (κ1) is 17.3. The van der Waals surface area contributed by atoms with Crippen LogP contribution in [0.2, 0.25) is 0 Å². The van der Waals surface area contributed by atoms with E-state index < -0.39 is 0 Å². The molecule has 0 aliphatic heterocycles. The van der Waals surface area contributed by atoms with Crippen molar-refractivity contribution in [3.05, 3.63) is 0 Å². The van der Waals surface area contributed by atoms with E-state index >= 15 is 0 Å². The third-order valence-corrected chi connectivity index (χ3v) is 0. The van der Waals surface area contributed by atoms with Crippen LogP contribution in [0.3, 0.4) is 0 Å². The first-order chi connectivity index (χ1) is 1.00. The molecule has 0 aromatic rings. The average molecular weight is 79.8 g/mol. The van der Waals surface area contributed by atoms with Gasteiger partial charge in [-0.15, -0.1) is 0 Å². The second kappa shape index (κ2) is 22.2. The molecule has 0 aromatic carbocycles. The Kier molecular flexibility index (Phi) is 95.6. The van der Waals surface area contributed by atoms with Crippen LogP contribution < -0.4 is 0 Å². The van der Waals surface area contributed by atoms with Crippen LogP contribution in [0.5, 0.6) is 0 Å². The molecule has 0 amide bonds. The molecular weight excluding hydrogens is 77.7 g/mol. The Morgan fingerprint density at radius 1 is 1.00 bits per heavy atom. The molecule has 0 N–H and O–H groups in total. The van der Waals surface area contributed by atoms with E-state index in [1.807, 2.05) is 0 Å². The number of rotatable bonds is 0. The van der Waals surface area contributed by atoms with E-state index in [1.54, 1.807) is 0 Å². The molecule has 0 fully saturated rings. The van der Waals surface area contributed by atoms with Gasteiger partial charge in [0.1, 0.15) is 0 Å². The van der Waals surface area contributed by atoms with Gasteiger partial charge in [0.2, 0.25) is 0 Å². The molecule has 0 rings (SSSR count). The Balaban J connectivity index is -0.00000000500. The van der Waals surface area contributed by atoms with Crippen molar-refractivity contribution in [3.8, 4) is 0 Å². The molecule has 1 nitrogen and oxygen atoms in total. The van der Waals surface area contributed by atoms with E-state index in [9.17, 15) is 0 Å². The van der Waals surface area contributed by atoms with E-state index in [4.69, 9.17) is 3.32 Å². The van der Waals surface area contributed by atoms with Gasteiger partial charge in [-0.2, -0.15) is 0 Å². The van der Waals surface area contributed by atoms with Crippen LogP contribution in [0.25, 0.3) is 0 Å². The summed E-state index contributed by atoms with van der Waals surface area (Å²) in [6.45, 7) is 0. The third-order valence-electron chi connectivity index (χ3n) is 0. The van der Waals surface area contributed by atoms with Crippen LogP contribution >= 0.6 is 0 Å². The van der Waals surface area contributed by atoms with Crippen LogP contribution in [0.1, 0.15) is 0 Å². The molecule has 4 heteroatoms. The third kappa shape index (κ3) is 9.32. The Bertz CT molecular complexity index is 6.00. The summed E-state index contributed by atoms with van der Waals surface area (Å²) in [7, 11) is 0. The summed E-state index contributed by atoms with van der Waals surface area (Å²) in [5.74, 6) is 0. The van der Waals surface area contributed by atoms with Crippen molar-refractivity contribution in [1.29, 1.82) is 0 Å². The van der Waals surface area contributed by atoms with Crippen molar-refractivity contribution in [3.63, 3.8) is 0 Å². The maximum absolute atomic E-state index is 8.25. The summed E-state index contributed by atoms with van der Waals surface area (Å²) in [6, 6.07) is 0. The molecule has 0 bridgehead atoms. The van der Waals surface area contributed by atoms with Crippen molar-refractivity contribution in [2.75, 3.05) is 0 Å². The van der Waals surface area contributed by atoms with Gasteiger partial charge in [-0.3, -0.25) is 0 Å². The normalized spacial score (nSPS) is 0.750. The van der Waals surface area contributed by atoms with Gasteiger partial charge < -0.3 is 0 Å². The van der Waals surface area contributed by atoms with Crippen LogP contribution in [0.4, 0.5) is 0 Å². The van der Waals surface area contributed by atoms with Gasteiger partial charge in [0.05, 0.1) is 0 Å². The number of hydrogen-bond donors (Lipinski definition) is 0. The van der Waals surface area contributed by atoms with Crippen LogP contribution in [-0.2, 0) is 23.7 Å². The minimum absolute atomic E-state index is 0. The van der Waals surface area contributed by atoms with Gasteiger partial charge in [-0.25, -0.2) is 0 Å². The molecule has 4 heavy (non-hydrogen) atoms. The van der Waals surface area contributed by atoms with E-state index in [-0.39, 0.29) is 37.7 Å². The Labute approximate surface area is 61.0 Å². The second-order valence-corrected chi connectivity index (χ2v) is 0. The van der Waals surface area contributed by atoms with Crippen LogP contribution in [-0.4, -0.2) is 37.7 Å². The topological polar surface area (TPSA) is 17.1 Å². The molecule has 0 aliphatic carbocycles. The molecule has 0 atom stereocenters. The molecule has 0 aromatic heterocycles. The minimum atomic E-state index is 0. The molecule has 0 saturated heterocycles. The Morgan fingerprint density at radius 3 is 1.00 bits per heavy atom. The zero-order chi connectivity index (χ0) is 2.00. The number of hydrogen-bond acceptors (Lipinski definition) is 1. The first-order valence-electron chi connectivity index (χ1n) is 0.204. The van der Waals surface area contributed by atoms with Gasteiger partial charge in [0.25, 0.3) is 0 Å².